The van der Waals surface area contributed by atoms with E-state index >= 15 is 0 Å². The van der Waals surface area contributed by atoms with Gasteiger partial charge in [0.25, 0.3) is 0 Å². The van der Waals surface area contributed by atoms with Crippen molar-refractivity contribution in [1.82, 2.24) is 9.97 Å². The first-order valence-corrected chi connectivity index (χ1v) is 5.84. The van der Waals surface area contributed by atoms with Crippen LogP contribution in [-0.4, -0.2) is 15.1 Å². The lowest BCUT2D eigenvalue weighted by molar-refractivity contribution is 0.173. The highest BCUT2D eigenvalue weighted by Gasteiger charge is 2.13. The fourth-order valence-electron chi connectivity index (χ4n) is 1.52. The molecule has 2 aromatic rings. The van der Waals surface area contributed by atoms with Gasteiger partial charge in [0.2, 0.25) is 0 Å². The van der Waals surface area contributed by atoms with Gasteiger partial charge in [0.15, 0.2) is 0 Å². The Labute approximate surface area is 106 Å². The van der Waals surface area contributed by atoms with Gasteiger partial charge >= 0.3 is 0 Å². The van der Waals surface area contributed by atoms with Crippen LogP contribution >= 0.6 is 15.9 Å². The van der Waals surface area contributed by atoms with Crippen LogP contribution in [0.25, 0.3) is 0 Å². The molecular weight excluding hydrogens is 287 g/mol. The van der Waals surface area contributed by atoms with Crippen molar-refractivity contribution in [3.63, 3.8) is 0 Å². The van der Waals surface area contributed by atoms with Crippen molar-refractivity contribution < 1.29 is 9.50 Å². The molecule has 0 fully saturated rings. The first kappa shape index (κ1) is 12.1. The van der Waals surface area contributed by atoms with Crippen molar-refractivity contribution in [3.8, 4) is 0 Å². The number of hydrogen-bond donors (Lipinski definition) is 1. The molecule has 88 valence electrons. The molecule has 0 bridgehead atoms. The van der Waals surface area contributed by atoms with E-state index in [1.807, 2.05) is 0 Å². The maximum Gasteiger partial charge on any atom is 0.137 e. The molecule has 1 unspecified atom stereocenters. The molecule has 0 aliphatic carbocycles. The van der Waals surface area contributed by atoms with Gasteiger partial charge in [-0.3, -0.25) is 0 Å². The van der Waals surface area contributed by atoms with Crippen LogP contribution in [0.5, 0.6) is 0 Å². The standard InChI is InChI=1S/C12H10BrFN2O/c13-12-8(2-1-3-9(12)14)6-11(17)10-4-5-15-7-16-10/h1-5,7,11,17H,6H2. The van der Waals surface area contributed by atoms with E-state index in [0.717, 1.165) is 0 Å². The third-order valence-corrected chi connectivity index (χ3v) is 3.28. The minimum absolute atomic E-state index is 0.301. The lowest BCUT2D eigenvalue weighted by Gasteiger charge is -2.11. The molecule has 1 atom stereocenters. The molecule has 2 rings (SSSR count). The summed E-state index contributed by atoms with van der Waals surface area (Å²) in [6, 6.07) is 6.38. The Morgan fingerprint density at radius 2 is 2.18 bits per heavy atom. The quantitative estimate of drug-likeness (QED) is 0.947. The van der Waals surface area contributed by atoms with E-state index in [9.17, 15) is 9.50 Å². The summed E-state index contributed by atoms with van der Waals surface area (Å²) < 4.78 is 13.7. The largest absolute Gasteiger partial charge is 0.386 e. The Hall–Kier alpha value is -1.33. The fourth-order valence-corrected chi connectivity index (χ4v) is 1.94. The van der Waals surface area contributed by atoms with Gasteiger partial charge in [-0.15, -0.1) is 0 Å². The topological polar surface area (TPSA) is 46.0 Å². The predicted molar refractivity (Wildman–Crippen MR) is 64.8 cm³/mol. The number of aliphatic hydroxyl groups excluding tert-OH is 1. The summed E-state index contributed by atoms with van der Waals surface area (Å²) >= 11 is 3.16. The van der Waals surface area contributed by atoms with Crippen LogP contribution in [0.3, 0.4) is 0 Å². The number of aliphatic hydroxyl groups is 1. The Balaban J connectivity index is 2.19. The monoisotopic (exact) mass is 296 g/mol. The van der Waals surface area contributed by atoms with Crippen LogP contribution in [0.15, 0.2) is 41.3 Å². The maximum atomic E-state index is 13.3. The SMILES string of the molecule is OC(Cc1cccc(F)c1Br)c1ccncn1. The highest BCUT2D eigenvalue weighted by atomic mass is 79.9. The van der Waals surface area contributed by atoms with Gasteiger partial charge in [-0.05, 0) is 33.6 Å². The van der Waals surface area contributed by atoms with Crippen molar-refractivity contribution in [2.24, 2.45) is 0 Å². The van der Waals surface area contributed by atoms with Gasteiger partial charge in [-0.25, -0.2) is 14.4 Å². The van der Waals surface area contributed by atoms with Gasteiger partial charge in [-0.1, -0.05) is 12.1 Å². The summed E-state index contributed by atoms with van der Waals surface area (Å²) in [5.41, 5.74) is 1.23. The maximum absolute atomic E-state index is 13.3. The molecule has 3 nitrogen and oxygen atoms in total. The number of nitrogens with zero attached hydrogens (tertiary/aromatic N) is 2. The highest BCUT2D eigenvalue weighted by molar-refractivity contribution is 9.10. The van der Waals surface area contributed by atoms with Crippen molar-refractivity contribution in [3.05, 3.63) is 58.3 Å². The highest BCUT2D eigenvalue weighted by Crippen LogP contribution is 2.25. The van der Waals surface area contributed by atoms with Gasteiger partial charge in [0, 0.05) is 12.6 Å². The lowest BCUT2D eigenvalue weighted by Crippen LogP contribution is -2.05. The average molecular weight is 297 g/mol. The molecule has 0 aliphatic rings. The zero-order chi connectivity index (χ0) is 12.3. The third kappa shape index (κ3) is 2.87. The summed E-state index contributed by atoms with van der Waals surface area (Å²) in [4.78, 5) is 7.73. The Kier molecular flexibility index (Phi) is 3.81. The summed E-state index contributed by atoms with van der Waals surface area (Å²) in [6.45, 7) is 0. The Morgan fingerprint density at radius 3 is 2.88 bits per heavy atom. The summed E-state index contributed by atoms with van der Waals surface area (Å²) in [5.74, 6) is -0.336. The molecule has 0 saturated carbocycles. The first-order chi connectivity index (χ1) is 8.18. The van der Waals surface area contributed by atoms with E-state index in [4.69, 9.17) is 0 Å². The van der Waals surface area contributed by atoms with Gasteiger partial charge in [0.1, 0.15) is 18.2 Å². The second kappa shape index (κ2) is 5.33. The van der Waals surface area contributed by atoms with Gasteiger partial charge in [-0.2, -0.15) is 0 Å². The number of benzene rings is 1. The van der Waals surface area contributed by atoms with E-state index in [0.29, 0.717) is 22.2 Å². The Bertz CT molecular complexity index is 507. The molecule has 17 heavy (non-hydrogen) atoms. The molecule has 0 amide bonds. The average Bonchev–Trinajstić information content (AvgIpc) is 2.36. The summed E-state index contributed by atoms with van der Waals surface area (Å²) in [7, 11) is 0. The van der Waals surface area contributed by atoms with E-state index in [1.54, 1.807) is 24.4 Å². The van der Waals surface area contributed by atoms with Crippen LogP contribution in [0.2, 0.25) is 0 Å². The summed E-state index contributed by atoms with van der Waals surface area (Å²) in [6.07, 6.45) is 2.47. The van der Waals surface area contributed by atoms with Crippen molar-refractivity contribution in [1.29, 1.82) is 0 Å². The molecule has 1 aromatic heterocycles. The predicted octanol–water partition coefficient (Wildman–Crippen LogP) is 2.65. The molecule has 0 spiro atoms. The molecular formula is C12H10BrFN2O. The van der Waals surface area contributed by atoms with Crippen molar-refractivity contribution >= 4 is 15.9 Å². The molecule has 1 heterocycles. The van der Waals surface area contributed by atoms with Crippen molar-refractivity contribution in [2.75, 3.05) is 0 Å². The van der Waals surface area contributed by atoms with Gasteiger partial charge < -0.3 is 5.11 Å². The smallest absolute Gasteiger partial charge is 0.137 e. The minimum atomic E-state index is -0.768. The molecule has 1 N–H and O–H groups in total. The van der Waals surface area contributed by atoms with E-state index in [2.05, 4.69) is 25.9 Å². The summed E-state index contributed by atoms with van der Waals surface area (Å²) in [5, 5.41) is 9.96. The first-order valence-electron chi connectivity index (χ1n) is 5.05. The molecule has 0 aliphatic heterocycles. The Morgan fingerprint density at radius 1 is 1.35 bits per heavy atom. The molecule has 5 heteroatoms. The van der Waals surface area contributed by atoms with E-state index < -0.39 is 6.10 Å². The normalized spacial score (nSPS) is 12.4. The minimum Gasteiger partial charge on any atom is -0.386 e. The zero-order valence-corrected chi connectivity index (χ0v) is 10.4. The zero-order valence-electron chi connectivity index (χ0n) is 8.85. The molecule has 0 radical (unpaired) electrons. The van der Waals surface area contributed by atoms with E-state index in [-0.39, 0.29) is 5.82 Å². The fraction of sp³-hybridized carbons (Fsp3) is 0.167. The number of rotatable bonds is 3. The van der Waals surface area contributed by atoms with Crippen LogP contribution < -0.4 is 0 Å². The van der Waals surface area contributed by atoms with E-state index in [1.165, 1.54) is 12.4 Å². The van der Waals surface area contributed by atoms with Crippen LogP contribution in [0.1, 0.15) is 17.4 Å². The van der Waals surface area contributed by atoms with Crippen LogP contribution in [0.4, 0.5) is 4.39 Å². The number of halogens is 2. The molecule has 1 aromatic carbocycles. The number of hydrogen-bond acceptors (Lipinski definition) is 3. The molecule has 0 saturated heterocycles. The van der Waals surface area contributed by atoms with Crippen LogP contribution in [-0.2, 0) is 6.42 Å². The lowest BCUT2D eigenvalue weighted by atomic mass is 10.1. The van der Waals surface area contributed by atoms with Gasteiger partial charge in [0.05, 0.1) is 10.2 Å². The van der Waals surface area contributed by atoms with Crippen molar-refractivity contribution in [2.45, 2.75) is 12.5 Å². The van der Waals surface area contributed by atoms with Crippen LogP contribution in [0, 0.1) is 5.82 Å². The second-order valence-corrected chi connectivity index (χ2v) is 4.36. The third-order valence-electron chi connectivity index (χ3n) is 2.39. The second-order valence-electron chi connectivity index (χ2n) is 3.57. The number of aromatic nitrogens is 2.